The predicted octanol–water partition coefficient (Wildman–Crippen LogP) is 2.30. The van der Waals surface area contributed by atoms with Gasteiger partial charge in [0.15, 0.2) is 0 Å². The second kappa shape index (κ2) is 6.69. The van der Waals surface area contributed by atoms with Crippen LogP contribution in [0.15, 0.2) is 30.3 Å². The van der Waals surface area contributed by atoms with Gasteiger partial charge < -0.3 is 15.3 Å². The summed E-state index contributed by atoms with van der Waals surface area (Å²) in [6, 6.07) is 10.6. The standard InChI is InChI=1S/C19H30N2O/c1-18(7-10-20-14-18)15-21-11-8-19(16-22,9-12-21)13-17-5-3-2-4-6-17/h2-6,20,22H,7-16H2,1H3. The highest BCUT2D eigenvalue weighted by molar-refractivity contribution is 5.17. The number of hydrogen-bond donors (Lipinski definition) is 2. The Balaban J connectivity index is 1.56. The molecule has 3 nitrogen and oxygen atoms in total. The normalized spacial score (nSPS) is 28.8. The van der Waals surface area contributed by atoms with Gasteiger partial charge in [-0.3, -0.25) is 0 Å². The molecule has 3 rings (SSSR count). The van der Waals surface area contributed by atoms with Crippen LogP contribution in [0.4, 0.5) is 0 Å². The zero-order valence-electron chi connectivity index (χ0n) is 13.9. The molecule has 22 heavy (non-hydrogen) atoms. The minimum absolute atomic E-state index is 0.0900. The molecule has 0 amide bonds. The second-order valence-electron chi connectivity index (χ2n) is 7.83. The maximum atomic E-state index is 10.00. The third-order valence-electron chi connectivity index (χ3n) is 5.74. The fourth-order valence-electron chi connectivity index (χ4n) is 4.15. The molecule has 0 aliphatic carbocycles. The third kappa shape index (κ3) is 3.70. The number of nitrogens with one attached hydrogen (secondary N) is 1. The minimum atomic E-state index is 0.0900. The Kier molecular flexibility index (Phi) is 4.86. The zero-order valence-corrected chi connectivity index (χ0v) is 13.9. The second-order valence-corrected chi connectivity index (χ2v) is 7.83. The van der Waals surface area contributed by atoms with Gasteiger partial charge >= 0.3 is 0 Å². The molecule has 2 N–H and O–H groups in total. The fourth-order valence-corrected chi connectivity index (χ4v) is 4.15. The molecule has 122 valence electrons. The molecular weight excluding hydrogens is 272 g/mol. The lowest BCUT2D eigenvalue weighted by atomic mass is 9.74. The van der Waals surface area contributed by atoms with Gasteiger partial charge in [0, 0.05) is 19.7 Å². The van der Waals surface area contributed by atoms with Gasteiger partial charge in [-0.15, -0.1) is 0 Å². The quantitative estimate of drug-likeness (QED) is 0.876. The first-order valence-electron chi connectivity index (χ1n) is 8.71. The van der Waals surface area contributed by atoms with Crippen LogP contribution in [-0.4, -0.2) is 49.3 Å². The summed E-state index contributed by atoms with van der Waals surface area (Å²) >= 11 is 0. The molecule has 1 aromatic rings. The summed E-state index contributed by atoms with van der Waals surface area (Å²) in [5.74, 6) is 0. The van der Waals surface area contributed by atoms with Crippen molar-refractivity contribution in [1.82, 2.24) is 10.2 Å². The Hall–Kier alpha value is -0.900. The van der Waals surface area contributed by atoms with E-state index in [2.05, 4.69) is 47.5 Å². The van der Waals surface area contributed by atoms with Gasteiger partial charge in [0.25, 0.3) is 0 Å². The Labute approximate surface area is 134 Å². The zero-order chi connectivity index (χ0) is 15.5. The highest BCUT2D eigenvalue weighted by atomic mass is 16.3. The maximum absolute atomic E-state index is 10.00. The average Bonchev–Trinajstić information content (AvgIpc) is 2.97. The van der Waals surface area contributed by atoms with Gasteiger partial charge in [0.1, 0.15) is 0 Å². The Morgan fingerprint density at radius 2 is 1.86 bits per heavy atom. The maximum Gasteiger partial charge on any atom is 0.0491 e. The van der Waals surface area contributed by atoms with Crippen LogP contribution in [0.1, 0.15) is 31.7 Å². The van der Waals surface area contributed by atoms with Gasteiger partial charge in [-0.1, -0.05) is 37.3 Å². The van der Waals surface area contributed by atoms with Crippen molar-refractivity contribution in [2.24, 2.45) is 10.8 Å². The van der Waals surface area contributed by atoms with Gasteiger partial charge in [0.05, 0.1) is 0 Å². The van der Waals surface area contributed by atoms with Crippen molar-refractivity contribution in [3.63, 3.8) is 0 Å². The summed E-state index contributed by atoms with van der Waals surface area (Å²) in [6.45, 7) is 8.50. The van der Waals surface area contributed by atoms with E-state index in [9.17, 15) is 5.11 Å². The molecule has 2 saturated heterocycles. The molecule has 2 aliphatic heterocycles. The smallest absolute Gasteiger partial charge is 0.0491 e. The molecule has 2 heterocycles. The van der Waals surface area contributed by atoms with Gasteiger partial charge in [-0.05, 0) is 61.7 Å². The molecule has 1 atom stereocenters. The Morgan fingerprint density at radius 3 is 2.45 bits per heavy atom. The van der Waals surface area contributed by atoms with Crippen molar-refractivity contribution in [1.29, 1.82) is 0 Å². The van der Waals surface area contributed by atoms with Crippen molar-refractivity contribution >= 4 is 0 Å². The lowest BCUT2D eigenvalue weighted by Crippen LogP contribution is -2.47. The molecule has 1 aromatic carbocycles. The summed E-state index contributed by atoms with van der Waals surface area (Å²) in [7, 11) is 0. The summed E-state index contributed by atoms with van der Waals surface area (Å²) in [5.41, 5.74) is 1.89. The number of piperidine rings is 1. The van der Waals surface area contributed by atoms with E-state index >= 15 is 0 Å². The van der Waals surface area contributed by atoms with Crippen LogP contribution in [-0.2, 0) is 6.42 Å². The van der Waals surface area contributed by atoms with Crippen LogP contribution >= 0.6 is 0 Å². The number of nitrogens with zero attached hydrogens (tertiary/aromatic N) is 1. The summed E-state index contributed by atoms with van der Waals surface area (Å²) in [5, 5.41) is 13.5. The van der Waals surface area contributed by atoms with Gasteiger partial charge in [-0.25, -0.2) is 0 Å². The molecule has 0 radical (unpaired) electrons. The van der Waals surface area contributed by atoms with E-state index in [-0.39, 0.29) is 5.41 Å². The Bertz CT molecular complexity index is 460. The average molecular weight is 302 g/mol. The third-order valence-corrected chi connectivity index (χ3v) is 5.74. The fraction of sp³-hybridized carbons (Fsp3) is 0.684. The largest absolute Gasteiger partial charge is 0.396 e. The van der Waals surface area contributed by atoms with Gasteiger partial charge in [-0.2, -0.15) is 0 Å². The summed E-state index contributed by atoms with van der Waals surface area (Å²) in [6.07, 6.45) is 4.53. The number of aliphatic hydroxyl groups is 1. The number of likely N-dealkylation sites (tertiary alicyclic amines) is 1. The van der Waals surface area contributed by atoms with Crippen molar-refractivity contribution in [3.8, 4) is 0 Å². The number of hydrogen-bond acceptors (Lipinski definition) is 3. The van der Waals surface area contributed by atoms with E-state index < -0.39 is 0 Å². The molecule has 2 fully saturated rings. The van der Waals surface area contributed by atoms with E-state index in [1.807, 2.05) is 0 Å². The molecule has 0 bridgehead atoms. The van der Waals surface area contributed by atoms with Crippen molar-refractivity contribution in [2.45, 2.75) is 32.6 Å². The van der Waals surface area contributed by atoms with Crippen LogP contribution < -0.4 is 5.32 Å². The lowest BCUT2D eigenvalue weighted by molar-refractivity contribution is 0.0308. The molecule has 0 saturated carbocycles. The van der Waals surface area contributed by atoms with Crippen molar-refractivity contribution < 1.29 is 5.11 Å². The summed E-state index contributed by atoms with van der Waals surface area (Å²) in [4.78, 5) is 2.62. The first-order chi connectivity index (χ1) is 10.6. The van der Waals surface area contributed by atoms with E-state index in [0.717, 1.165) is 38.9 Å². The first kappa shape index (κ1) is 16.0. The molecule has 3 heteroatoms. The minimum Gasteiger partial charge on any atom is -0.396 e. The number of benzene rings is 1. The summed E-state index contributed by atoms with van der Waals surface area (Å²) < 4.78 is 0. The van der Waals surface area contributed by atoms with E-state index in [1.54, 1.807) is 0 Å². The topological polar surface area (TPSA) is 35.5 Å². The Morgan fingerprint density at radius 1 is 1.14 bits per heavy atom. The SMILES string of the molecule is CC1(CN2CCC(CO)(Cc3ccccc3)CC2)CCNC1. The van der Waals surface area contributed by atoms with Crippen LogP contribution in [0, 0.1) is 10.8 Å². The predicted molar refractivity (Wildman–Crippen MR) is 90.9 cm³/mol. The van der Waals surface area contributed by atoms with E-state index in [0.29, 0.717) is 12.0 Å². The first-order valence-corrected chi connectivity index (χ1v) is 8.71. The monoisotopic (exact) mass is 302 g/mol. The molecule has 0 aromatic heterocycles. The molecule has 0 spiro atoms. The van der Waals surface area contributed by atoms with Crippen LogP contribution in [0.3, 0.4) is 0 Å². The van der Waals surface area contributed by atoms with Crippen LogP contribution in [0.25, 0.3) is 0 Å². The van der Waals surface area contributed by atoms with E-state index in [1.165, 1.54) is 25.1 Å². The van der Waals surface area contributed by atoms with Crippen molar-refractivity contribution in [3.05, 3.63) is 35.9 Å². The number of aliphatic hydroxyl groups excluding tert-OH is 1. The van der Waals surface area contributed by atoms with Crippen molar-refractivity contribution in [2.75, 3.05) is 39.3 Å². The molecule has 1 unspecified atom stereocenters. The van der Waals surface area contributed by atoms with Crippen LogP contribution in [0.5, 0.6) is 0 Å². The molecular formula is C19H30N2O. The van der Waals surface area contributed by atoms with Gasteiger partial charge in [0.2, 0.25) is 0 Å². The highest BCUT2D eigenvalue weighted by Crippen LogP contribution is 2.36. The lowest BCUT2D eigenvalue weighted by Gasteiger charge is -2.43. The van der Waals surface area contributed by atoms with Crippen LogP contribution in [0.2, 0.25) is 0 Å². The number of rotatable bonds is 5. The van der Waals surface area contributed by atoms with E-state index in [4.69, 9.17) is 0 Å². The molecule has 2 aliphatic rings. The highest BCUT2D eigenvalue weighted by Gasteiger charge is 2.37.